The minimum absolute atomic E-state index is 0.255. The largest absolute Gasteiger partial charge is 0.345 e. The molecule has 0 saturated heterocycles. The quantitative estimate of drug-likeness (QED) is 0.656. The highest BCUT2D eigenvalue weighted by atomic mass is 35.5. The fourth-order valence-corrected chi connectivity index (χ4v) is 2.07. The van der Waals surface area contributed by atoms with Crippen molar-refractivity contribution in [3.63, 3.8) is 0 Å². The van der Waals surface area contributed by atoms with Gasteiger partial charge in [-0.2, -0.15) is 0 Å². The molecule has 0 aliphatic carbocycles. The summed E-state index contributed by atoms with van der Waals surface area (Å²) in [4.78, 5) is 12.0. The van der Waals surface area contributed by atoms with E-state index in [0.29, 0.717) is 17.7 Å². The Morgan fingerprint density at radius 2 is 1.59 bits per heavy atom. The van der Waals surface area contributed by atoms with Gasteiger partial charge in [0.1, 0.15) is 0 Å². The van der Waals surface area contributed by atoms with Crippen LogP contribution in [0.2, 0.25) is 5.02 Å². The first-order valence-electron chi connectivity index (χ1n) is 6.20. The Hall–Kier alpha value is -2.08. The zero-order valence-electron chi connectivity index (χ0n) is 11.3. The fourth-order valence-electron chi connectivity index (χ4n) is 1.84. The fraction of sp³-hybridized carbons (Fsp3) is 0.133. The molecular weight excluding hydrogens is 322 g/mol. The van der Waals surface area contributed by atoms with Gasteiger partial charge in [-0.25, -0.2) is 17.6 Å². The highest BCUT2D eigenvalue weighted by molar-refractivity contribution is 6.33. The number of carbonyl (C=O) groups is 1. The Labute approximate surface area is 128 Å². The van der Waals surface area contributed by atoms with E-state index >= 15 is 0 Å². The van der Waals surface area contributed by atoms with Gasteiger partial charge >= 0.3 is 0 Å². The van der Waals surface area contributed by atoms with Gasteiger partial charge in [0.05, 0.1) is 16.6 Å². The Morgan fingerprint density at radius 1 is 1.00 bits per heavy atom. The average molecular weight is 332 g/mol. The van der Waals surface area contributed by atoms with Crippen molar-refractivity contribution in [1.29, 1.82) is 0 Å². The van der Waals surface area contributed by atoms with E-state index < -0.39 is 35.2 Å². The molecule has 2 rings (SSSR count). The van der Waals surface area contributed by atoms with E-state index in [-0.39, 0.29) is 10.6 Å². The van der Waals surface area contributed by atoms with Crippen molar-refractivity contribution in [3.8, 4) is 0 Å². The molecule has 22 heavy (non-hydrogen) atoms. The number of hydrogen-bond donors (Lipinski definition) is 1. The van der Waals surface area contributed by atoms with Gasteiger partial charge in [0.25, 0.3) is 5.91 Å². The van der Waals surface area contributed by atoms with E-state index in [4.69, 9.17) is 11.6 Å². The molecule has 0 spiro atoms. The van der Waals surface area contributed by atoms with Crippen LogP contribution >= 0.6 is 11.6 Å². The topological polar surface area (TPSA) is 29.1 Å². The number of carbonyl (C=O) groups excluding carboxylic acids is 1. The summed E-state index contributed by atoms with van der Waals surface area (Å²) in [6.45, 7) is 1.53. The Balaban J connectivity index is 2.21. The van der Waals surface area contributed by atoms with Gasteiger partial charge in [0, 0.05) is 0 Å². The molecule has 116 valence electrons. The third-order valence-corrected chi connectivity index (χ3v) is 3.36. The summed E-state index contributed by atoms with van der Waals surface area (Å²) in [5, 5.41) is 2.19. The second-order valence-corrected chi connectivity index (χ2v) is 5.02. The molecule has 0 saturated carbocycles. The molecule has 0 aromatic heterocycles. The van der Waals surface area contributed by atoms with Crippen molar-refractivity contribution in [2.45, 2.75) is 13.0 Å². The maximum atomic E-state index is 13.2. The van der Waals surface area contributed by atoms with Crippen LogP contribution in [0.1, 0.15) is 28.9 Å². The molecule has 1 N–H and O–H groups in total. The molecule has 0 bridgehead atoms. The van der Waals surface area contributed by atoms with Crippen LogP contribution < -0.4 is 5.32 Å². The number of rotatable bonds is 3. The molecule has 0 aliphatic rings. The predicted molar refractivity (Wildman–Crippen MR) is 73.6 cm³/mol. The highest BCUT2D eigenvalue weighted by Crippen LogP contribution is 2.22. The summed E-state index contributed by atoms with van der Waals surface area (Å²) in [7, 11) is 0. The zero-order valence-corrected chi connectivity index (χ0v) is 12.0. The lowest BCUT2D eigenvalue weighted by atomic mass is 10.1. The van der Waals surface area contributed by atoms with E-state index in [1.807, 2.05) is 0 Å². The van der Waals surface area contributed by atoms with Gasteiger partial charge in [-0.3, -0.25) is 4.79 Å². The first kappa shape index (κ1) is 16.3. The van der Waals surface area contributed by atoms with Crippen molar-refractivity contribution in [3.05, 3.63) is 69.8 Å². The van der Waals surface area contributed by atoms with Crippen molar-refractivity contribution in [2.75, 3.05) is 0 Å². The summed E-state index contributed by atoms with van der Waals surface area (Å²) >= 11 is 5.69. The molecule has 1 atom stereocenters. The summed E-state index contributed by atoms with van der Waals surface area (Å²) in [5.41, 5.74) is 0.0564. The molecule has 2 nitrogen and oxygen atoms in total. The minimum atomic E-state index is -1.21. The summed E-state index contributed by atoms with van der Waals surface area (Å²) in [6.07, 6.45) is 0. The predicted octanol–water partition coefficient (Wildman–Crippen LogP) is 4.39. The third kappa shape index (κ3) is 3.39. The zero-order chi connectivity index (χ0) is 16.4. The SMILES string of the molecule is CC(NC(=O)c1cc(F)c(F)cc1Cl)c1ccc(F)c(F)c1. The van der Waals surface area contributed by atoms with Gasteiger partial charge in [0.2, 0.25) is 0 Å². The molecular formula is C15H10ClF4NO. The van der Waals surface area contributed by atoms with Crippen molar-refractivity contribution < 1.29 is 22.4 Å². The number of nitrogens with one attached hydrogen (secondary N) is 1. The van der Waals surface area contributed by atoms with E-state index in [0.717, 1.165) is 12.1 Å². The molecule has 2 aromatic carbocycles. The monoisotopic (exact) mass is 331 g/mol. The maximum Gasteiger partial charge on any atom is 0.253 e. The normalized spacial score (nSPS) is 12.1. The van der Waals surface area contributed by atoms with E-state index in [1.165, 1.54) is 13.0 Å². The van der Waals surface area contributed by atoms with E-state index in [9.17, 15) is 22.4 Å². The molecule has 0 heterocycles. The van der Waals surface area contributed by atoms with E-state index in [2.05, 4.69) is 5.32 Å². The summed E-state index contributed by atoms with van der Waals surface area (Å²) in [5.74, 6) is -5.21. The molecule has 0 aliphatic heterocycles. The maximum absolute atomic E-state index is 13.2. The summed E-state index contributed by atoms with van der Waals surface area (Å²) in [6, 6.07) is 3.84. The van der Waals surface area contributed by atoms with Crippen molar-refractivity contribution >= 4 is 17.5 Å². The van der Waals surface area contributed by atoms with Crippen LogP contribution in [-0.4, -0.2) is 5.91 Å². The van der Waals surface area contributed by atoms with Gasteiger partial charge in [-0.05, 0) is 36.8 Å². The lowest BCUT2D eigenvalue weighted by Crippen LogP contribution is -2.27. The third-order valence-electron chi connectivity index (χ3n) is 3.05. The first-order valence-corrected chi connectivity index (χ1v) is 6.57. The molecule has 1 amide bonds. The lowest BCUT2D eigenvalue weighted by molar-refractivity contribution is 0.0939. The Morgan fingerprint density at radius 3 is 2.23 bits per heavy atom. The Bertz CT molecular complexity index is 736. The first-order chi connectivity index (χ1) is 10.3. The molecule has 7 heteroatoms. The van der Waals surface area contributed by atoms with Crippen molar-refractivity contribution in [2.24, 2.45) is 0 Å². The average Bonchev–Trinajstić information content (AvgIpc) is 2.45. The van der Waals surface area contributed by atoms with Crippen LogP contribution in [-0.2, 0) is 0 Å². The van der Waals surface area contributed by atoms with Crippen LogP contribution in [0.4, 0.5) is 17.6 Å². The Kier molecular flexibility index (Phi) is 4.71. The van der Waals surface area contributed by atoms with Gasteiger partial charge < -0.3 is 5.32 Å². The molecule has 1 unspecified atom stereocenters. The van der Waals surface area contributed by atoms with Gasteiger partial charge in [0.15, 0.2) is 23.3 Å². The summed E-state index contributed by atoms with van der Waals surface area (Å²) < 4.78 is 52.2. The van der Waals surface area contributed by atoms with Gasteiger partial charge in [-0.15, -0.1) is 0 Å². The number of amides is 1. The minimum Gasteiger partial charge on any atom is -0.345 e. The van der Waals surface area contributed by atoms with Gasteiger partial charge in [-0.1, -0.05) is 17.7 Å². The lowest BCUT2D eigenvalue weighted by Gasteiger charge is -2.15. The number of hydrogen-bond acceptors (Lipinski definition) is 1. The van der Waals surface area contributed by atoms with Crippen LogP contribution in [0.5, 0.6) is 0 Å². The number of halogens is 5. The van der Waals surface area contributed by atoms with Crippen LogP contribution in [0.25, 0.3) is 0 Å². The van der Waals surface area contributed by atoms with E-state index in [1.54, 1.807) is 0 Å². The second kappa shape index (κ2) is 6.36. The van der Waals surface area contributed by atoms with Crippen molar-refractivity contribution in [1.82, 2.24) is 5.32 Å². The standard InChI is InChI=1S/C15H10ClF4NO/c1-7(8-2-3-11(17)12(18)4-8)21-15(22)9-5-13(19)14(20)6-10(9)16/h2-7H,1H3,(H,21,22). The number of benzene rings is 2. The van der Waals surface area contributed by atoms with Crippen LogP contribution in [0, 0.1) is 23.3 Å². The van der Waals surface area contributed by atoms with Crippen LogP contribution in [0.15, 0.2) is 30.3 Å². The van der Waals surface area contributed by atoms with Crippen LogP contribution in [0.3, 0.4) is 0 Å². The smallest absolute Gasteiger partial charge is 0.253 e. The molecule has 0 radical (unpaired) electrons. The second-order valence-electron chi connectivity index (χ2n) is 4.61. The molecule has 2 aromatic rings. The highest BCUT2D eigenvalue weighted by Gasteiger charge is 2.18. The molecule has 0 fully saturated rings.